The van der Waals surface area contributed by atoms with E-state index in [1.807, 2.05) is 0 Å². The largest absolute Gasteiger partial charge is 0.362 e. The highest BCUT2D eigenvalue weighted by molar-refractivity contribution is 7.80. The third kappa shape index (κ3) is 4.00. The molecule has 1 N–H and O–H groups in total. The molecule has 3 heteroatoms. The third-order valence-corrected chi connectivity index (χ3v) is 3.14. The van der Waals surface area contributed by atoms with Crippen LogP contribution in [0.1, 0.15) is 32.3 Å². The van der Waals surface area contributed by atoms with E-state index in [0.29, 0.717) is 0 Å². The van der Waals surface area contributed by atoms with Crippen LogP contribution in [-0.2, 0) is 0 Å². The number of nitrogens with zero attached hydrogens (tertiary/aromatic N) is 1. The molecule has 0 saturated heterocycles. The lowest BCUT2D eigenvalue weighted by Gasteiger charge is -2.26. The fourth-order valence-corrected chi connectivity index (χ4v) is 2.09. The van der Waals surface area contributed by atoms with Crippen LogP contribution in [0.3, 0.4) is 0 Å². The summed E-state index contributed by atoms with van der Waals surface area (Å²) in [6.07, 6.45) is 2.34. The topological polar surface area (TPSA) is 15.3 Å². The fraction of sp³-hybridized carbons (Fsp3) is 0.500. The molecule has 0 aliphatic heterocycles. The van der Waals surface area contributed by atoms with Gasteiger partial charge in [0.05, 0.1) is 0 Å². The first-order valence-electron chi connectivity index (χ1n) is 6.31. The smallest absolute Gasteiger partial charge is 0.173 e. The Hall–Kier alpha value is -1.09. The van der Waals surface area contributed by atoms with E-state index in [2.05, 4.69) is 55.3 Å². The minimum Gasteiger partial charge on any atom is -0.362 e. The zero-order valence-corrected chi connectivity index (χ0v) is 11.8. The molecule has 17 heavy (non-hydrogen) atoms. The summed E-state index contributed by atoms with van der Waals surface area (Å²) in [5.74, 6) is 0. The van der Waals surface area contributed by atoms with Crippen molar-refractivity contribution in [2.45, 2.75) is 33.6 Å². The Morgan fingerprint density at radius 3 is 2.59 bits per heavy atom. The predicted octanol–water partition coefficient (Wildman–Crippen LogP) is 3.50. The summed E-state index contributed by atoms with van der Waals surface area (Å²) < 4.78 is 0. The van der Waals surface area contributed by atoms with E-state index in [9.17, 15) is 0 Å². The van der Waals surface area contributed by atoms with Gasteiger partial charge >= 0.3 is 0 Å². The summed E-state index contributed by atoms with van der Waals surface area (Å²) in [4.78, 5) is 2.15. The second kappa shape index (κ2) is 7.28. The van der Waals surface area contributed by atoms with Crippen LogP contribution in [0.15, 0.2) is 24.3 Å². The zero-order valence-electron chi connectivity index (χ0n) is 11.0. The van der Waals surface area contributed by atoms with Crippen molar-refractivity contribution in [1.82, 2.24) is 5.32 Å². The van der Waals surface area contributed by atoms with Crippen LogP contribution in [-0.4, -0.2) is 18.2 Å². The van der Waals surface area contributed by atoms with Gasteiger partial charge in [-0.1, -0.05) is 31.5 Å². The molecule has 0 saturated carbocycles. The number of nitrogens with one attached hydrogen (secondary N) is 1. The minimum absolute atomic E-state index is 0.829. The molecule has 0 radical (unpaired) electrons. The van der Waals surface area contributed by atoms with Gasteiger partial charge in [-0.3, -0.25) is 0 Å². The molecule has 2 nitrogen and oxygen atoms in total. The van der Waals surface area contributed by atoms with E-state index < -0.39 is 0 Å². The molecule has 0 fully saturated rings. The highest BCUT2D eigenvalue weighted by Crippen LogP contribution is 2.19. The number of unbranched alkanes of at least 4 members (excludes halogenated alkanes) is 1. The van der Waals surface area contributed by atoms with Crippen molar-refractivity contribution in [3.8, 4) is 0 Å². The molecule has 0 bridgehead atoms. The van der Waals surface area contributed by atoms with Gasteiger partial charge in [0.25, 0.3) is 0 Å². The first-order valence-corrected chi connectivity index (χ1v) is 6.72. The number of anilines is 1. The van der Waals surface area contributed by atoms with Crippen LogP contribution in [0.2, 0.25) is 0 Å². The lowest BCUT2D eigenvalue weighted by molar-refractivity contribution is 0.751. The number of rotatable bonds is 5. The Morgan fingerprint density at radius 2 is 2.00 bits per heavy atom. The lowest BCUT2D eigenvalue weighted by Crippen LogP contribution is -2.40. The molecule has 0 unspecified atom stereocenters. The molecule has 0 aliphatic carbocycles. The molecule has 0 aliphatic rings. The monoisotopic (exact) mass is 250 g/mol. The van der Waals surface area contributed by atoms with Crippen LogP contribution in [0, 0.1) is 6.92 Å². The van der Waals surface area contributed by atoms with Crippen LogP contribution in [0.25, 0.3) is 0 Å². The number of benzene rings is 1. The SMILES string of the molecule is CCCCNC(=S)N(CC)c1ccccc1C. The summed E-state index contributed by atoms with van der Waals surface area (Å²) in [6, 6.07) is 8.35. The van der Waals surface area contributed by atoms with Crippen LogP contribution in [0.4, 0.5) is 5.69 Å². The van der Waals surface area contributed by atoms with Gasteiger partial charge in [-0.2, -0.15) is 0 Å². The highest BCUT2D eigenvalue weighted by atomic mass is 32.1. The highest BCUT2D eigenvalue weighted by Gasteiger charge is 2.10. The first-order chi connectivity index (χ1) is 8.20. The van der Waals surface area contributed by atoms with Gasteiger partial charge in [-0.15, -0.1) is 0 Å². The Morgan fingerprint density at radius 1 is 1.29 bits per heavy atom. The Bertz CT molecular complexity index is 363. The molecule has 0 spiro atoms. The number of hydrogen-bond acceptors (Lipinski definition) is 1. The summed E-state index contributed by atoms with van der Waals surface area (Å²) in [7, 11) is 0. The molecule has 1 aromatic rings. The molecular formula is C14H22N2S. The maximum atomic E-state index is 5.44. The van der Waals surface area contributed by atoms with Crippen molar-refractivity contribution >= 4 is 23.0 Å². The van der Waals surface area contributed by atoms with Gasteiger partial charge in [-0.05, 0) is 44.1 Å². The van der Waals surface area contributed by atoms with E-state index in [1.54, 1.807) is 0 Å². The van der Waals surface area contributed by atoms with Gasteiger partial charge in [0.1, 0.15) is 0 Å². The molecular weight excluding hydrogens is 228 g/mol. The summed E-state index contributed by atoms with van der Waals surface area (Å²) in [5, 5.41) is 4.15. The maximum absolute atomic E-state index is 5.44. The number of thiocarbonyl (C=S) groups is 1. The van der Waals surface area contributed by atoms with Crippen molar-refractivity contribution in [2.75, 3.05) is 18.0 Å². The van der Waals surface area contributed by atoms with Gasteiger partial charge in [0.15, 0.2) is 5.11 Å². The van der Waals surface area contributed by atoms with Crippen molar-refractivity contribution in [2.24, 2.45) is 0 Å². The Kier molecular flexibility index (Phi) is 5.98. The average Bonchev–Trinajstić information content (AvgIpc) is 2.33. The van der Waals surface area contributed by atoms with Gasteiger partial charge in [0, 0.05) is 18.8 Å². The van der Waals surface area contributed by atoms with E-state index in [-0.39, 0.29) is 0 Å². The van der Waals surface area contributed by atoms with Crippen LogP contribution >= 0.6 is 12.2 Å². The Balaban J connectivity index is 2.71. The van der Waals surface area contributed by atoms with E-state index in [1.165, 1.54) is 17.7 Å². The van der Waals surface area contributed by atoms with Gasteiger partial charge < -0.3 is 10.2 Å². The summed E-state index contributed by atoms with van der Waals surface area (Å²) in [6.45, 7) is 8.27. The van der Waals surface area contributed by atoms with E-state index in [0.717, 1.165) is 24.6 Å². The zero-order chi connectivity index (χ0) is 12.7. The molecule has 94 valence electrons. The average molecular weight is 250 g/mol. The second-order valence-corrected chi connectivity index (χ2v) is 4.50. The quantitative estimate of drug-likeness (QED) is 0.636. The van der Waals surface area contributed by atoms with Crippen molar-refractivity contribution in [1.29, 1.82) is 0 Å². The normalized spacial score (nSPS) is 10.1. The predicted molar refractivity (Wildman–Crippen MR) is 79.7 cm³/mol. The van der Waals surface area contributed by atoms with Crippen molar-refractivity contribution < 1.29 is 0 Å². The summed E-state index contributed by atoms with van der Waals surface area (Å²) >= 11 is 5.44. The number of aryl methyl sites for hydroxylation is 1. The Labute approximate surface area is 110 Å². The van der Waals surface area contributed by atoms with E-state index >= 15 is 0 Å². The maximum Gasteiger partial charge on any atom is 0.173 e. The minimum atomic E-state index is 0.829. The van der Waals surface area contributed by atoms with Crippen LogP contribution < -0.4 is 10.2 Å². The summed E-state index contributed by atoms with van der Waals surface area (Å²) in [5.41, 5.74) is 2.46. The lowest BCUT2D eigenvalue weighted by atomic mass is 10.2. The molecule has 1 rings (SSSR count). The van der Waals surface area contributed by atoms with Gasteiger partial charge in [0.2, 0.25) is 0 Å². The first kappa shape index (κ1) is 14.0. The number of para-hydroxylation sites is 1. The van der Waals surface area contributed by atoms with Crippen molar-refractivity contribution in [3.63, 3.8) is 0 Å². The number of hydrogen-bond donors (Lipinski definition) is 1. The molecule has 0 amide bonds. The molecule has 0 heterocycles. The standard InChI is InChI=1S/C14H22N2S/c1-4-6-11-15-14(17)16(5-2)13-10-8-7-9-12(13)3/h7-10H,4-6,11H2,1-3H3,(H,15,17). The van der Waals surface area contributed by atoms with Crippen molar-refractivity contribution in [3.05, 3.63) is 29.8 Å². The fourth-order valence-electron chi connectivity index (χ4n) is 1.76. The third-order valence-electron chi connectivity index (χ3n) is 2.77. The molecule has 0 aromatic heterocycles. The second-order valence-electron chi connectivity index (χ2n) is 4.12. The molecule has 1 aromatic carbocycles. The molecule has 0 atom stereocenters. The van der Waals surface area contributed by atoms with Crippen LogP contribution in [0.5, 0.6) is 0 Å². The van der Waals surface area contributed by atoms with Gasteiger partial charge in [-0.25, -0.2) is 0 Å². The van der Waals surface area contributed by atoms with E-state index in [4.69, 9.17) is 12.2 Å².